The van der Waals surface area contributed by atoms with Crippen molar-refractivity contribution in [2.45, 2.75) is 25.5 Å². The Balaban J connectivity index is 1.60. The molecule has 11 nitrogen and oxygen atoms in total. The highest BCUT2D eigenvalue weighted by Gasteiger charge is 2.21. The minimum atomic E-state index is -0.546. The lowest BCUT2D eigenvalue weighted by atomic mass is 10.3. The Labute approximate surface area is 166 Å². The van der Waals surface area contributed by atoms with Gasteiger partial charge in [0.25, 0.3) is 5.62 Å². The number of ether oxygens (including phenoxy) is 1. The summed E-state index contributed by atoms with van der Waals surface area (Å²) in [6, 6.07) is 2.92. The van der Waals surface area contributed by atoms with Gasteiger partial charge in [-0.25, -0.2) is 14.2 Å². The highest BCUT2D eigenvalue weighted by Crippen LogP contribution is 2.22. The molecule has 0 aromatic carbocycles. The molecule has 3 N–H and O–H groups in total. The minimum Gasteiger partial charge on any atom is -0.493 e. The molecule has 12 heteroatoms. The van der Waals surface area contributed by atoms with E-state index in [4.69, 9.17) is 4.74 Å². The van der Waals surface area contributed by atoms with Gasteiger partial charge in [-0.05, 0) is 31.1 Å². The van der Waals surface area contributed by atoms with E-state index in [1.165, 1.54) is 35.1 Å². The second-order valence-electron chi connectivity index (χ2n) is 6.71. The van der Waals surface area contributed by atoms with E-state index in [-0.39, 0.29) is 35.9 Å². The Morgan fingerprint density at radius 1 is 1.37 bits per heavy atom. The molecular formula is C18H15FN8O3. The lowest BCUT2D eigenvalue weighted by Gasteiger charge is -2.05. The van der Waals surface area contributed by atoms with Crippen LogP contribution in [0.3, 0.4) is 0 Å². The van der Waals surface area contributed by atoms with E-state index in [1.807, 2.05) is 0 Å². The molecule has 1 fully saturated rings. The molecule has 0 amide bonds. The minimum absolute atomic E-state index is 0.0195. The van der Waals surface area contributed by atoms with Crippen molar-refractivity contribution >= 4 is 11.7 Å². The summed E-state index contributed by atoms with van der Waals surface area (Å²) >= 11 is 0. The van der Waals surface area contributed by atoms with Crippen LogP contribution in [0.5, 0.6) is 11.9 Å². The molecule has 4 aromatic heterocycles. The first kappa shape index (κ1) is 18.0. The molecule has 1 aliphatic carbocycles. The van der Waals surface area contributed by atoms with Crippen LogP contribution in [0.1, 0.15) is 24.2 Å². The van der Waals surface area contributed by atoms with Crippen molar-refractivity contribution in [1.82, 2.24) is 34.5 Å². The Hall–Kier alpha value is -4.09. The number of imidazole rings is 1. The maximum atomic E-state index is 13.8. The number of aromatic hydroxyl groups is 1. The van der Waals surface area contributed by atoms with Crippen LogP contribution in [0.2, 0.25) is 0 Å². The number of nitrogens with one attached hydrogen (secondary N) is 2. The Morgan fingerprint density at radius 3 is 2.97 bits per heavy atom. The number of aromatic amines is 2. The van der Waals surface area contributed by atoms with Crippen LogP contribution in [0.15, 0.2) is 34.3 Å². The summed E-state index contributed by atoms with van der Waals surface area (Å²) in [5.74, 6) is -0.801. The normalized spacial score (nSPS) is 15.2. The first-order valence-electron chi connectivity index (χ1n) is 9.11. The zero-order chi connectivity index (χ0) is 20.7. The Morgan fingerprint density at radius 2 is 2.23 bits per heavy atom. The molecule has 0 bridgehead atoms. The molecule has 0 radical (unpaired) electrons. The highest BCUT2D eigenvalue weighted by molar-refractivity contribution is 5.56. The van der Waals surface area contributed by atoms with Crippen LogP contribution in [0.25, 0.3) is 11.7 Å². The van der Waals surface area contributed by atoms with Gasteiger partial charge in [-0.3, -0.25) is 9.97 Å². The van der Waals surface area contributed by atoms with Crippen molar-refractivity contribution in [3.05, 3.63) is 63.1 Å². The van der Waals surface area contributed by atoms with Gasteiger partial charge in [-0.1, -0.05) is 0 Å². The lowest BCUT2D eigenvalue weighted by Crippen LogP contribution is -2.24. The number of hydrogen-bond acceptors (Lipinski definition) is 8. The summed E-state index contributed by atoms with van der Waals surface area (Å²) in [5.41, 5.74) is 0.396. The summed E-state index contributed by atoms with van der Waals surface area (Å²) < 4.78 is 20.8. The first-order valence-corrected chi connectivity index (χ1v) is 9.11. The molecule has 0 atom stereocenters. The third kappa shape index (κ3) is 3.50. The fraction of sp³-hybridized carbons (Fsp3) is 0.222. The number of rotatable bonds is 5. The smallest absolute Gasteiger partial charge is 0.326 e. The van der Waals surface area contributed by atoms with Crippen molar-refractivity contribution in [3.8, 4) is 11.9 Å². The van der Waals surface area contributed by atoms with E-state index in [9.17, 15) is 14.3 Å². The molecule has 152 valence electrons. The number of halogens is 1. The Kier molecular flexibility index (Phi) is 4.23. The van der Waals surface area contributed by atoms with E-state index in [0.717, 1.165) is 12.8 Å². The fourth-order valence-electron chi connectivity index (χ4n) is 2.78. The summed E-state index contributed by atoms with van der Waals surface area (Å²) in [5, 5.41) is 14.6. The monoisotopic (exact) mass is 410 g/mol. The number of aromatic nitrogens is 7. The molecular weight excluding hydrogens is 395 g/mol. The molecule has 0 saturated heterocycles. The van der Waals surface area contributed by atoms with Gasteiger partial charge in [-0.2, -0.15) is 19.6 Å². The zero-order valence-corrected chi connectivity index (χ0v) is 15.4. The van der Waals surface area contributed by atoms with Crippen molar-refractivity contribution < 1.29 is 14.2 Å². The number of H-pyrrole nitrogens is 2. The Bertz CT molecular complexity index is 1420. The van der Waals surface area contributed by atoms with E-state index in [2.05, 4.69) is 35.0 Å². The molecule has 5 rings (SSSR count). The quantitative estimate of drug-likeness (QED) is 0.405. The molecule has 0 unspecified atom stereocenters. The van der Waals surface area contributed by atoms with Gasteiger partial charge in [0, 0.05) is 11.4 Å². The van der Waals surface area contributed by atoms with Gasteiger partial charge >= 0.3 is 11.7 Å². The van der Waals surface area contributed by atoms with Gasteiger partial charge < -0.3 is 14.8 Å². The standard InChI is InChI=1S/C18H15FN8O3/c19-11-2-1-5-20-13(11)8-30-18-24-14-9(6-12-15(28)25-17(29)23-12)7-21-27(14)16(26-18)22-10-3-4-10/h1-2,5-7,10,28H,3-4,8H2,(H2,23,25,29)/b9-6-,22-16?. The molecule has 4 heterocycles. The maximum Gasteiger partial charge on any atom is 0.326 e. The predicted molar refractivity (Wildman–Crippen MR) is 99.8 cm³/mol. The molecule has 0 spiro atoms. The van der Waals surface area contributed by atoms with Crippen LogP contribution < -0.4 is 21.3 Å². The van der Waals surface area contributed by atoms with Crippen molar-refractivity contribution in [2.75, 3.05) is 0 Å². The van der Waals surface area contributed by atoms with Gasteiger partial charge in [0.15, 0.2) is 5.65 Å². The molecule has 1 aliphatic rings. The van der Waals surface area contributed by atoms with E-state index in [1.54, 1.807) is 0 Å². The second kappa shape index (κ2) is 7.06. The van der Waals surface area contributed by atoms with Crippen molar-refractivity contribution in [2.24, 2.45) is 4.99 Å². The summed E-state index contributed by atoms with van der Waals surface area (Å²) in [6.07, 6.45) is 6.39. The summed E-state index contributed by atoms with van der Waals surface area (Å²) in [6.45, 7) is -0.162. The number of hydrogen-bond donors (Lipinski definition) is 3. The maximum absolute atomic E-state index is 13.8. The predicted octanol–water partition coefficient (Wildman–Crippen LogP) is -0.430. The van der Waals surface area contributed by atoms with Gasteiger partial charge in [0.1, 0.15) is 23.8 Å². The van der Waals surface area contributed by atoms with Gasteiger partial charge in [0.05, 0.1) is 12.2 Å². The third-order valence-corrected chi connectivity index (χ3v) is 4.41. The van der Waals surface area contributed by atoms with E-state index in [0.29, 0.717) is 16.5 Å². The summed E-state index contributed by atoms with van der Waals surface area (Å²) in [4.78, 5) is 33.2. The number of nitrogens with zero attached hydrogens (tertiary/aromatic N) is 6. The topological polar surface area (TPSA) is 146 Å². The van der Waals surface area contributed by atoms with Crippen LogP contribution in [0.4, 0.5) is 4.39 Å². The number of fused-ring (bicyclic) bond motifs is 1. The zero-order valence-electron chi connectivity index (χ0n) is 15.4. The van der Waals surface area contributed by atoms with Gasteiger partial charge in [0.2, 0.25) is 5.88 Å². The van der Waals surface area contributed by atoms with E-state index >= 15 is 0 Å². The highest BCUT2D eigenvalue weighted by atomic mass is 19.1. The number of pyridine rings is 1. The first-order chi connectivity index (χ1) is 14.6. The molecule has 1 saturated carbocycles. The lowest BCUT2D eigenvalue weighted by molar-refractivity contribution is 0.268. The van der Waals surface area contributed by atoms with E-state index < -0.39 is 11.5 Å². The molecule has 4 aromatic rings. The average Bonchev–Trinajstić information content (AvgIpc) is 3.36. The largest absolute Gasteiger partial charge is 0.493 e. The van der Waals surface area contributed by atoms with Crippen LogP contribution in [0, 0.1) is 5.82 Å². The van der Waals surface area contributed by atoms with Crippen LogP contribution in [-0.4, -0.2) is 45.7 Å². The van der Waals surface area contributed by atoms with Gasteiger partial charge in [-0.15, -0.1) is 0 Å². The summed E-state index contributed by atoms with van der Waals surface area (Å²) in [7, 11) is 0. The third-order valence-electron chi connectivity index (χ3n) is 4.41. The van der Waals surface area contributed by atoms with Crippen LogP contribution >= 0.6 is 0 Å². The molecule has 30 heavy (non-hydrogen) atoms. The fourth-order valence-corrected chi connectivity index (χ4v) is 2.78. The average molecular weight is 410 g/mol. The van der Waals surface area contributed by atoms with Crippen molar-refractivity contribution in [1.29, 1.82) is 0 Å². The second-order valence-corrected chi connectivity index (χ2v) is 6.71. The molecule has 0 aliphatic heterocycles. The van der Waals surface area contributed by atoms with Crippen LogP contribution in [-0.2, 0) is 6.61 Å². The SMILES string of the molecule is O=c1[nH]c(O)c(/C=c2/cnn3c(=NC4CC4)nc(OCc4ncccc4F)nc23)[nH]1. The van der Waals surface area contributed by atoms with Crippen molar-refractivity contribution in [3.63, 3.8) is 0 Å².